The first kappa shape index (κ1) is 8.52. The lowest BCUT2D eigenvalue weighted by atomic mass is 10.3. The number of nitrogen functional groups attached to an aromatic ring is 1. The molecule has 0 saturated carbocycles. The van der Waals surface area contributed by atoms with Gasteiger partial charge in [-0.1, -0.05) is 0 Å². The number of hydrogen-bond acceptors (Lipinski definition) is 4. The van der Waals surface area contributed by atoms with E-state index < -0.39 is 0 Å². The summed E-state index contributed by atoms with van der Waals surface area (Å²) in [5, 5.41) is 3.18. The molecular formula is C8H10N2O2S. The summed E-state index contributed by atoms with van der Waals surface area (Å²) in [6, 6.07) is 1.73. The Balaban J connectivity index is 2.17. The van der Waals surface area contributed by atoms with Crippen molar-refractivity contribution in [2.75, 3.05) is 18.9 Å². The number of nitrogens with two attached hydrogens (primary N) is 1. The van der Waals surface area contributed by atoms with Crippen LogP contribution in [-0.4, -0.2) is 24.1 Å². The molecule has 0 aromatic carbocycles. The first-order valence-electron chi connectivity index (χ1n) is 4.07. The van der Waals surface area contributed by atoms with Gasteiger partial charge >= 0.3 is 0 Å². The fraction of sp³-hybridized carbons (Fsp3) is 0.375. The molecule has 0 spiro atoms. The highest BCUT2D eigenvalue weighted by atomic mass is 32.1. The van der Waals surface area contributed by atoms with Crippen molar-refractivity contribution in [2.24, 2.45) is 0 Å². The average Bonchev–Trinajstić information content (AvgIpc) is 2.72. The fourth-order valence-electron chi connectivity index (χ4n) is 1.21. The van der Waals surface area contributed by atoms with E-state index in [1.54, 1.807) is 11.4 Å². The monoisotopic (exact) mass is 198 g/mol. The maximum atomic E-state index is 11.7. The molecule has 1 aromatic rings. The van der Waals surface area contributed by atoms with Crippen molar-refractivity contribution in [1.29, 1.82) is 0 Å². The van der Waals surface area contributed by atoms with E-state index in [2.05, 4.69) is 0 Å². The summed E-state index contributed by atoms with van der Waals surface area (Å²) >= 11 is 1.35. The van der Waals surface area contributed by atoms with Crippen LogP contribution in [0.1, 0.15) is 16.1 Å². The minimum atomic E-state index is -0.120. The van der Waals surface area contributed by atoms with Gasteiger partial charge in [-0.15, -0.1) is 11.3 Å². The van der Waals surface area contributed by atoms with Gasteiger partial charge in [-0.25, -0.2) is 5.06 Å². The quantitative estimate of drug-likeness (QED) is 0.735. The van der Waals surface area contributed by atoms with Crippen molar-refractivity contribution in [2.45, 2.75) is 6.42 Å². The topological polar surface area (TPSA) is 55.6 Å². The number of hydrogen-bond donors (Lipinski definition) is 1. The van der Waals surface area contributed by atoms with Gasteiger partial charge in [-0.2, -0.15) is 0 Å². The van der Waals surface area contributed by atoms with Crippen molar-refractivity contribution in [3.05, 3.63) is 16.3 Å². The first-order valence-corrected chi connectivity index (χ1v) is 4.95. The average molecular weight is 198 g/mol. The minimum absolute atomic E-state index is 0.120. The van der Waals surface area contributed by atoms with Crippen LogP contribution in [0.2, 0.25) is 0 Å². The van der Waals surface area contributed by atoms with Crippen LogP contribution >= 0.6 is 11.3 Å². The number of carbonyl (C=O) groups is 1. The summed E-state index contributed by atoms with van der Waals surface area (Å²) in [6.45, 7) is 1.28. The number of rotatable bonds is 1. The van der Waals surface area contributed by atoms with Gasteiger partial charge in [-0.3, -0.25) is 9.63 Å². The maximum absolute atomic E-state index is 11.7. The Morgan fingerprint density at radius 3 is 3.08 bits per heavy atom. The zero-order valence-electron chi connectivity index (χ0n) is 7.03. The molecule has 13 heavy (non-hydrogen) atoms. The van der Waals surface area contributed by atoms with Gasteiger partial charge in [0.25, 0.3) is 5.91 Å². The molecule has 1 fully saturated rings. The number of anilines is 1. The molecule has 2 rings (SSSR count). The summed E-state index contributed by atoms with van der Waals surface area (Å²) in [4.78, 5) is 17.4. The van der Waals surface area contributed by atoms with Gasteiger partial charge in [0.2, 0.25) is 0 Å². The highest BCUT2D eigenvalue weighted by Gasteiger charge is 2.23. The van der Waals surface area contributed by atoms with Crippen molar-refractivity contribution in [1.82, 2.24) is 5.06 Å². The molecule has 5 heteroatoms. The number of amides is 1. The summed E-state index contributed by atoms with van der Waals surface area (Å²) < 4.78 is 0. The van der Waals surface area contributed by atoms with E-state index in [1.165, 1.54) is 16.4 Å². The third kappa shape index (κ3) is 1.52. The molecular weight excluding hydrogens is 188 g/mol. The SMILES string of the molecule is Nc1ccsc1C(=O)N1CCCO1. The number of nitrogens with zero attached hydrogens (tertiary/aromatic N) is 1. The first-order chi connectivity index (χ1) is 6.29. The minimum Gasteiger partial charge on any atom is -0.397 e. The number of thiophene rings is 1. The molecule has 0 unspecified atom stereocenters. The van der Waals surface area contributed by atoms with E-state index in [-0.39, 0.29) is 5.91 Å². The Morgan fingerprint density at radius 2 is 2.54 bits per heavy atom. The Morgan fingerprint density at radius 1 is 1.69 bits per heavy atom. The predicted octanol–water partition coefficient (Wildman–Crippen LogP) is 1.11. The Labute approximate surface area is 79.9 Å². The zero-order chi connectivity index (χ0) is 9.26. The molecule has 0 bridgehead atoms. The number of hydroxylamine groups is 2. The van der Waals surface area contributed by atoms with E-state index in [9.17, 15) is 4.79 Å². The second kappa shape index (κ2) is 3.35. The molecule has 0 atom stereocenters. The summed E-state index contributed by atoms with van der Waals surface area (Å²) in [6.07, 6.45) is 0.900. The van der Waals surface area contributed by atoms with Crippen LogP contribution in [-0.2, 0) is 4.84 Å². The molecule has 1 aliphatic rings. The molecule has 70 valence electrons. The van der Waals surface area contributed by atoms with Crippen LogP contribution in [0.15, 0.2) is 11.4 Å². The Bertz CT molecular complexity index is 318. The van der Waals surface area contributed by atoms with Crippen LogP contribution < -0.4 is 5.73 Å². The second-order valence-electron chi connectivity index (χ2n) is 2.80. The van der Waals surface area contributed by atoms with E-state index in [0.29, 0.717) is 23.7 Å². The van der Waals surface area contributed by atoms with Gasteiger partial charge in [0.15, 0.2) is 0 Å². The molecule has 1 saturated heterocycles. The van der Waals surface area contributed by atoms with E-state index in [4.69, 9.17) is 10.6 Å². The Hall–Kier alpha value is -1.07. The molecule has 2 heterocycles. The summed E-state index contributed by atoms with van der Waals surface area (Å²) in [5.74, 6) is -0.120. The van der Waals surface area contributed by atoms with Crippen molar-refractivity contribution >= 4 is 22.9 Å². The van der Waals surface area contributed by atoms with Gasteiger partial charge in [0, 0.05) is 0 Å². The third-order valence-electron chi connectivity index (χ3n) is 1.87. The molecule has 4 nitrogen and oxygen atoms in total. The third-order valence-corrected chi connectivity index (χ3v) is 2.79. The van der Waals surface area contributed by atoms with Crippen molar-refractivity contribution in [3.63, 3.8) is 0 Å². The van der Waals surface area contributed by atoms with Crippen molar-refractivity contribution < 1.29 is 9.63 Å². The standard InChI is InChI=1S/C8H10N2O2S/c9-6-2-5-13-7(6)8(11)10-3-1-4-12-10/h2,5H,1,3-4,9H2. The fourth-order valence-corrected chi connectivity index (χ4v) is 1.97. The van der Waals surface area contributed by atoms with E-state index in [0.717, 1.165) is 6.42 Å². The Kier molecular flexibility index (Phi) is 2.20. The highest BCUT2D eigenvalue weighted by molar-refractivity contribution is 7.12. The highest BCUT2D eigenvalue weighted by Crippen LogP contribution is 2.22. The van der Waals surface area contributed by atoms with Gasteiger partial charge in [0.1, 0.15) is 4.88 Å². The summed E-state index contributed by atoms with van der Waals surface area (Å²) in [7, 11) is 0. The van der Waals surface area contributed by atoms with Crippen LogP contribution in [0, 0.1) is 0 Å². The normalized spacial score (nSPS) is 16.5. The van der Waals surface area contributed by atoms with Crippen molar-refractivity contribution in [3.8, 4) is 0 Å². The summed E-state index contributed by atoms with van der Waals surface area (Å²) in [5.41, 5.74) is 6.15. The lowest BCUT2D eigenvalue weighted by Gasteiger charge is -2.12. The smallest absolute Gasteiger partial charge is 0.289 e. The van der Waals surface area contributed by atoms with E-state index in [1.807, 2.05) is 0 Å². The molecule has 1 amide bonds. The maximum Gasteiger partial charge on any atom is 0.289 e. The van der Waals surface area contributed by atoms with Gasteiger partial charge in [-0.05, 0) is 17.9 Å². The molecule has 0 aliphatic carbocycles. The van der Waals surface area contributed by atoms with Gasteiger partial charge in [0.05, 0.1) is 18.8 Å². The van der Waals surface area contributed by atoms with Crippen LogP contribution in [0.25, 0.3) is 0 Å². The largest absolute Gasteiger partial charge is 0.397 e. The zero-order valence-corrected chi connectivity index (χ0v) is 7.84. The molecule has 1 aliphatic heterocycles. The second-order valence-corrected chi connectivity index (χ2v) is 3.72. The predicted molar refractivity (Wildman–Crippen MR) is 50.3 cm³/mol. The molecule has 1 aromatic heterocycles. The molecule has 0 radical (unpaired) electrons. The number of carbonyl (C=O) groups excluding carboxylic acids is 1. The van der Waals surface area contributed by atoms with E-state index >= 15 is 0 Å². The lowest BCUT2D eigenvalue weighted by molar-refractivity contribution is -0.0764. The van der Waals surface area contributed by atoms with Crippen LogP contribution in [0.5, 0.6) is 0 Å². The molecule has 2 N–H and O–H groups in total. The van der Waals surface area contributed by atoms with Crippen LogP contribution in [0.4, 0.5) is 5.69 Å². The lowest BCUT2D eigenvalue weighted by Crippen LogP contribution is -2.26. The van der Waals surface area contributed by atoms with Gasteiger partial charge < -0.3 is 5.73 Å². The van der Waals surface area contributed by atoms with Crippen LogP contribution in [0.3, 0.4) is 0 Å².